The molecule has 0 radical (unpaired) electrons. The number of halogens is 1. The van der Waals surface area contributed by atoms with Crippen LogP contribution in [0.15, 0.2) is 36.7 Å². The maximum absolute atomic E-state index is 13.7. The number of anilines is 1. The number of amides is 1. The van der Waals surface area contributed by atoms with Gasteiger partial charge in [-0.25, -0.2) is 4.39 Å². The van der Waals surface area contributed by atoms with Gasteiger partial charge in [0.15, 0.2) is 0 Å². The molecular weight excluding hydrogens is 307 g/mol. The minimum Gasteiger partial charge on any atom is -0.308 e. The van der Waals surface area contributed by atoms with E-state index in [1.54, 1.807) is 21.8 Å². The van der Waals surface area contributed by atoms with Gasteiger partial charge in [-0.3, -0.25) is 9.48 Å². The minimum absolute atomic E-state index is 0.0840. The lowest BCUT2D eigenvalue weighted by atomic mass is 10.0. The Kier molecular flexibility index (Phi) is 4.94. The van der Waals surface area contributed by atoms with Gasteiger partial charge in [-0.05, 0) is 37.8 Å². The van der Waals surface area contributed by atoms with Crippen LogP contribution in [-0.2, 0) is 18.3 Å². The van der Waals surface area contributed by atoms with Crippen molar-refractivity contribution in [3.05, 3.63) is 48.0 Å². The molecule has 128 valence electrons. The third kappa shape index (κ3) is 3.64. The van der Waals surface area contributed by atoms with E-state index in [4.69, 9.17) is 0 Å². The Bertz CT molecular complexity index is 715. The zero-order chi connectivity index (χ0) is 17.1. The van der Waals surface area contributed by atoms with Gasteiger partial charge in [0.05, 0.1) is 17.9 Å². The van der Waals surface area contributed by atoms with Crippen molar-refractivity contribution in [2.24, 2.45) is 7.05 Å². The van der Waals surface area contributed by atoms with E-state index in [9.17, 15) is 9.18 Å². The summed E-state index contributed by atoms with van der Waals surface area (Å²) in [6, 6.07) is 6.81. The molecule has 6 heteroatoms. The van der Waals surface area contributed by atoms with Crippen molar-refractivity contribution in [3.8, 4) is 0 Å². The number of nitrogens with one attached hydrogen (secondary N) is 1. The summed E-state index contributed by atoms with van der Waals surface area (Å²) in [5.74, 6) is -0.0786. The molecule has 1 amide bonds. The average Bonchev–Trinajstić information content (AvgIpc) is 3.13. The van der Waals surface area contributed by atoms with Gasteiger partial charge in [0.25, 0.3) is 0 Å². The van der Waals surface area contributed by atoms with Gasteiger partial charge in [-0.15, -0.1) is 0 Å². The van der Waals surface area contributed by atoms with Crippen LogP contribution in [0, 0.1) is 5.82 Å². The molecule has 2 heterocycles. The molecule has 0 bridgehead atoms. The number of hydrogen-bond donors (Lipinski definition) is 1. The Morgan fingerprint density at radius 3 is 2.92 bits per heavy atom. The molecule has 2 aromatic rings. The molecule has 1 saturated heterocycles. The van der Waals surface area contributed by atoms with Crippen LogP contribution in [0.4, 0.5) is 10.1 Å². The highest BCUT2D eigenvalue weighted by atomic mass is 19.1. The predicted molar refractivity (Wildman–Crippen MR) is 91.3 cm³/mol. The summed E-state index contributed by atoms with van der Waals surface area (Å²) in [5, 5.41) is 7.50. The van der Waals surface area contributed by atoms with E-state index in [1.165, 1.54) is 6.07 Å². The van der Waals surface area contributed by atoms with Gasteiger partial charge in [0, 0.05) is 25.8 Å². The molecule has 0 aliphatic carbocycles. The smallest absolute Gasteiger partial charge is 0.244 e. The monoisotopic (exact) mass is 330 g/mol. The summed E-state index contributed by atoms with van der Waals surface area (Å²) in [7, 11) is 1.84. The van der Waals surface area contributed by atoms with Gasteiger partial charge in [0.1, 0.15) is 5.82 Å². The summed E-state index contributed by atoms with van der Waals surface area (Å²) < 4.78 is 15.4. The molecule has 1 fully saturated rings. The summed E-state index contributed by atoms with van der Waals surface area (Å²) in [5.41, 5.74) is 1.56. The van der Waals surface area contributed by atoms with Gasteiger partial charge in [0.2, 0.25) is 5.91 Å². The van der Waals surface area contributed by atoms with Crippen molar-refractivity contribution >= 4 is 11.6 Å². The van der Waals surface area contributed by atoms with Crippen LogP contribution in [0.1, 0.15) is 25.3 Å². The quantitative estimate of drug-likeness (QED) is 0.884. The third-order valence-electron chi connectivity index (χ3n) is 4.50. The number of hydrogen-bond acceptors (Lipinski definition) is 3. The van der Waals surface area contributed by atoms with E-state index in [2.05, 4.69) is 10.4 Å². The van der Waals surface area contributed by atoms with Crippen molar-refractivity contribution < 1.29 is 9.18 Å². The molecule has 0 saturated carbocycles. The fourth-order valence-electron chi connectivity index (χ4n) is 3.14. The molecule has 1 aromatic carbocycles. The second-order valence-corrected chi connectivity index (χ2v) is 6.40. The van der Waals surface area contributed by atoms with Crippen LogP contribution >= 0.6 is 0 Å². The SMILES string of the molecule is C[C@H](CCc1ccccc1F)N[C@H]1CCN(c2cnn(C)c2)C1=O. The van der Waals surface area contributed by atoms with Gasteiger partial charge in [-0.2, -0.15) is 5.10 Å². The van der Waals surface area contributed by atoms with Crippen LogP contribution in [-0.4, -0.2) is 34.3 Å². The predicted octanol–water partition coefficient (Wildman–Crippen LogP) is 2.28. The molecule has 24 heavy (non-hydrogen) atoms. The van der Waals surface area contributed by atoms with Crippen LogP contribution in [0.3, 0.4) is 0 Å². The number of carbonyl (C=O) groups is 1. The zero-order valence-electron chi connectivity index (χ0n) is 14.1. The number of carbonyl (C=O) groups excluding carboxylic acids is 1. The molecule has 3 rings (SSSR count). The molecule has 0 unspecified atom stereocenters. The third-order valence-corrected chi connectivity index (χ3v) is 4.50. The van der Waals surface area contributed by atoms with Crippen molar-refractivity contribution in [2.45, 2.75) is 38.3 Å². The molecule has 1 N–H and O–H groups in total. The average molecular weight is 330 g/mol. The van der Waals surface area contributed by atoms with Crippen molar-refractivity contribution in [3.63, 3.8) is 0 Å². The van der Waals surface area contributed by atoms with E-state index in [1.807, 2.05) is 32.3 Å². The molecule has 1 aliphatic rings. The molecular formula is C18H23FN4O. The minimum atomic E-state index is -0.180. The summed E-state index contributed by atoms with van der Waals surface area (Å²) in [6.07, 6.45) is 5.78. The number of nitrogens with zero attached hydrogens (tertiary/aromatic N) is 3. The fraction of sp³-hybridized carbons (Fsp3) is 0.444. The number of aromatic nitrogens is 2. The fourth-order valence-corrected chi connectivity index (χ4v) is 3.14. The maximum Gasteiger partial charge on any atom is 0.244 e. The first-order valence-corrected chi connectivity index (χ1v) is 8.34. The van der Waals surface area contributed by atoms with Crippen molar-refractivity contribution in [2.75, 3.05) is 11.4 Å². The lowest BCUT2D eigenvalue weighted by molar-refractivity contribution is -0.119. The second-order valence-electron chi connectivity index (χ2n) is 6.40. The van der Waals surface area contributed by atoms with E-state index >= 15 is 0 Å². The summed E-state index contributed by atoms with van der Waals surface area (Å²) in [6.45, 7) is 2.74. The van der Waals surface area contributed by atoms with Crippen molar-refractivity contribution in [1.29, 1.82) is 0 Å². The first-order valence-electron chi connectivity index (χ1n) is 8.34. The first-order chi connectivity index (χ1) is 11.5. The van der Waals surface area contributed by atoms with Crippen LogP contribution in [0.2, 0.25) is 0 Å². The lowest BCUT2D eigenvalue weighted by Gasteiger charge is -2.19. The Labute approximate surface area is 141 Å². The normalized spacial score (nSPS) is 19.0. The Balaban J connectivity index is 1.53. The van der Waals surface area contributed by atoms with Crippen molar-refractivity contribution in [1.82, 2.24) is 15.1 Å². The first kappa shape index (κ1) is 16.6. The number of rotatable bonds is 6. The summed E-state index contributed by atoms with van der Waals surface area (Å²) in [4.78, 5) is 14.3. The van der Waals surface area contributed by atoms with E-state index in [0.717, 1.165) is 24.1 Å². The Morgan fingerprint density at radius 2 is 2.21 bits per heavy atom. The van der Waals surface area contributed by atoms with Crippen LogP contribution < -0.4 is 10.2 Å². The highest BCUT2D eigenvalue weighted by molar-refractivity contribution is 5.99. The van der Waals surface area contributed by atoms with E-state index < -0.39 is 0 Å². The lowest BCUT2D eigenvalue weighted by Crippen LogP contribution is -2.42. The molecule has 1 aliphatic heterocycles. The zero-order valence-corrected chi connectivity index (χ0v) is 14.1. The molecule has 2 atom stereocenters. The van der Waals surface area contributed by atoms with E-state index in [0.29, 0.717) is 13.0 Å². The molecule has 0 spiro atoms. The molecule has 5 nitrogen and oxygen atoms in total. The number of benzene rings is 1. The topological polar surface area (TPSA) is 50.2 Å². The Hall–Kier alpha value is -2.21. The van der Waals surface area contributed by atoms with Gasteiger partial charge >= 0.3 is 0 Å². The molecule has 1 aromatic heterocycles. The van der Waals surface area contributed by atoms with Crippen LogP contribution in [0.25, 0.3) is 0 Å². The number of aryl methyl sites for hydroxylation is 2. The standard InChI is InChI=1S/C18H23FN4O/c1-13(7-8-14-5-3-4-6-16(14)19)21-17-9-10-23(18(17)24)15-11-20-22(2)12-15/h3-6,11-13,17,21H,7-10H2,1-2H3/t13-,17+/m1/s1. The van der Waals surface area contributed by atoms with E-state index in [-0.39, 0.29) is 23.8 Å². The second kappa shape index (κ2) is 7.13. The summed E-state index contributed by atoms with van der Waals surface area (Å²) >= 11 is 0. The Morgan fingerprint density at radius 1 is 1.42 bits per heavy atom. The van der Waals surface area contributed by atoms with Gasteiger partial charge < -0.3 is 10.2 Å². The maximum atomic E-state index is 13.7. The van der Waals surface area contributed by atoms with Crippen LogP contribution in [0.5, 0.6) is 0 Å². The highest BCUT2D eigenvalue weighted by Gasteiger charge is 2.33. The highest BCUT2D eigenvalue weighted by Crippen LogP contribution is 2.21. The van der Waals surface area contributed by atoms with Gasteiger partial charge in [-0.1, -0.05) is 18.2 Å². The largest absolute Gasteiger partial charge is 0.308 e.